The lowest BCUT2D eigenvalue weighted by Gasteiger charge is -2.30. The average molecular weight is 399 g/mol. The molecule has 1 unspecified atom stereocenters. The number of benzene rings is 3. The van der Waals surface area contributed by atoms with Gasteiger partial charge in [-0.2, -0.15) is 0 Å². The minimum atomic E-state index is -0.177. The molecule has 3 rings (SSSR count). The van der Waals surface area contributed by atoms with Crippen LogP contribution in [0.5, 0.6) is 0 Å². The highest BCUT2D eigenvalue weighted by Crippen LogP contribution is 2.24. The van der Waals surface area contributed by atoms with Gasteiger partial charge in [0.15, 0.2) is 0 Å². The van der Waals surface area contributed by atoms with Crippen molar-refractivity contribution in [2.24, 2.45) is 0 Å². The molecule has 0 saturated carbocycles. The van der Waals surface area contributed by atoms with Crippen LogP contribution in [0.4, 0.5) is 10.5 Å². The van der Waals surface area contributed by atoms with Crippen LogP contribution in [0, 0.1) is 0 Å². The minimum absolute atomic E-state index is 0.103. The molecule has 0 aromatic heterocycles. The van der Waals surface area contributed by atoms with Gasteiger partial charge in [0.1, 0.15) is 0 Å². The highest BCUT2D eigenvalue weighted by atomic mass is 35.5. The standard InChI is InChI=1S/C22H20Cl2N2O/c1-16(18-5-3-2-4-6-18)26(15-17-7-9-19(23)10-8-17)22(27)25-21-13-11-20(24)12-14-21/h2-14,16H,15H2,1H3,(H,25,27). The van der Waals surface area contributed by atoms with E-state index >= 15 is 0 Å². The molecule has 3 aromatic rings. The van der Waals surface area contributed by atoms with E-state index in [0.29, 0.717) is 22.3 Å². The fraction of sp³-hybridized carbons (Fsp3) is 0.136. The second kappa shape index (κ2) is 8.94. The number of nitrogens with one attached hydrogen (secondary N) is 1. The summed E-state index contributed by atoms with van der Waals surface area (Å²) < 4.78 is 0. The maximum atomic E-state index is 13.0. The van der Waals surface area contributed by atoms with Gasteiger partial charge in [0.2, 0.25) is 0 Å². The van der Waals surface area contributed by atoms with Crippen molar-refractivity contribution in [3.8, 4) is 0 Å². The zero-order valence-electron chi connectivity index (χ0n) is 14.9. The fourth-order valence-electron chi connectivity index (χ4n) is 2.81. The smallest absolute Gasteiger partial charge is 0.313 e. The Morgan fingerprint density at radius 1 is 0.889 bits per heavy atom. The monoisotopic (exact) mass is 398 g/mol. The van der Waals surface area contributed by atoms with Crippen molar-refractivity contribution in [2.45, 2.75) is 19.5 Å². The van der Waals surface area contributed by atoms with E-state index in [-0.39, 0.29) is 12.1 Å². The lowest BCUT2D eigenvalue weighted by molar-refractivity contribution is 0.189. The van der Waals surface area contributed by atoms with Crippen molar-refractivity contribution in [2.75, 3.05) is 5.32 Å². The maximum Gasteiger partial charge on any atom is 0.322 e. The molecule has 0 aliphatic heterocycles. The minimum Gasteiger partial charge on any atom is -0.313 e. The summed E-state index contributed by atoms with van der Waals surface area (Å²) in [6.45, 7) is 2.49. The predicted molar refractivity (Wildman–Crippen MR) is 112 cm³/mol. The normalized spacial score (nSPS) is 11.7. The van der Waals surface area contributed by atoms with Crippen molar-refractivity contribution >= 4 is 34.9 Å². The quantitative estimate of drug-likeness (QED) is 0.503. The topological polar surface area (TPSA) is 32.3 Å². The molecule has 138 valence electrons. The van der Waals surface area contributed by atoms with Gasteiger partial charge >= 0.3 is 6.03 Å². The molecule has 0 heterocycles. The molecule has 0 radical (unpaired) electrons. The van der Waals surface area contributed by atoms with E-state index in [4.69, 9.17) is 23.2 Å². The van der Waals surface area contributed by atoms with Gasteiger partial charge in [-0.3, -0.25) is 0 Å². The summed E-state index contributed by atoms with van der Waals surface area (Å²) >= 11 is 11.9. The van der Waals surface area contributed by atoms with Gasteiger partial charge in [-0.05, 0) is 54.4 Å². The number of rotatable bonds is 5. The molecule has 5 heteroatoms. The Morgan fingerprint density at radius 2 is 1.44 bits per heavy atom. The SMILES string of the molecule is CC(c1ccccc1)N(Cc1ccc(Cl)cc1)C(=O)Nc1ccc(Cl)cc1. The fourth-order valence-corrected chi connectivity index (χ4v) is 3.06. The number of carbonyl (C=O) groups excluding carboxylic acids is 1. The molecule has 27 heavy (non-hydrogen) atoms. The van der Waals surface area contributed by atoms with Crippen LogP contribution in [0.25, 0.3) is 0 Å². The van der Waals surface area contributed by atoms with E-state index in [9.17, 15) is 4.79 Å². The Kier molecular flexibility index (Phi) is 6.38. The predicted octanol–water partition coefficient (Wildman–Crippen LogP) is 6.79. The lowest BCUT2D eigenvalue weighted by Crippen LogP contribution is -2.36. The third-order valence-corrected chi connectivity index (χ3v) is 4.88. The summed E-state index contributed by atoms with van der Waals surface area (Å²) in [6.07, 6.45) is 0. The van der Waals surface area contributed by atoms with Crippen LogP contribution >= 0.6 is 23.2 Å². The number of hydrogen-bond acceptors (Lipinski definition) is 1. The first-order valence-electron chi connectivity index (χ1n) is 8.65. The zero-order chi connectivity index (χ0) is 19.2. The summed E-state index contributed by atoms with van der Waals surface area (Å²) in [5, 5.41) is 4.26. The molecule has 3 nitrogen and oxygen atoms in total. The molecular weight excluding hydrogens is 379 g/mol. The van der Waals surface area contributed by atoms with E-state index in [2.05, 4.69) is 5.32 Å². The first-order valence-corrected chi connectivity index (χ1v) is 9.41. The van der Waals surface area contributed by atoms with Crippen LogP contribution in [0.2, 0.25) is 10.0 Å². The van der Waals surface area contributed by atoms with Gasteiger partial charge in [-0.15, -0.1) is 0 Å². The Balaban J connectivity index is 1.84. The third-order valence-electron chi connectivity index (χ3n) is 4.37. The van der Waals surface area contributed by atoms with Gasteiger partial charge in [0.05, 0.1) is 6.04 Å². The van der Waals surface area contributed by atoms with Gasteiger partial charge < -0.3 is 10.2 Å². The van der Waals surface area contributed by atoms with Crippen LogP contribution in [0.15, 0.2) is 78.9 Å². The summed E-state index contributed by atoms with van der Waals surface area (Å²) in [5.74, 6) is 0. The highest BCUT2D eigenvalue weighted by Gasteiger charge is 2.22. The number of anilines is 1. The second-order valence-corrected chi connectivity index (χ2v) is 7.15. The summed E-state index contributed by atoms with van der Waals surface area (Å²) in [6, 6.07) is 24.3. The first kappa shape index (κ1) is 19.3. The van der Waals surface area contributed by atoms with E-state index < -0.39 is 0 Å². The summed E-state index contributed by atoms with van der Waals surface area (Å²) in [4.78, 5) is 14.8. The molecule has 0 bridgehead atoms. The van der Waals surface area contributed by atoms with Crippen molar-refractivity contribution < 1.29 is 4.79 Å². The summed E-state index contributed by atoms with van der Waals surface area (Å²) in [5.41, 5.74) is 2.77. The van der Waals surface area contributed by atoms with Gasteiger partial charge in [-0.1, -0.05) is 65.7 Å². The van der Waals surface area contributed by atoms with Crippen molar-refractivity contribution in [3.63, 3.8) is 0 Å². The number of carbonyl (C=O) groups is 1. The van der Waals surface area contributed by atoms with E-state index in [1.54, 1.807) is 29.2 Å². The van der Waals surface area contributed by atoms with Gasteiger partial charge in [-0.25, -0.2) is 4.79 Å². The number of hydrogen-bond donors (Lipinski definition) is 1. The molecule has 3 aromatic carbocycles. The zero-order valence-corrected chi connectivity index (χ0v) is 16.4. The van der Waals surface area contributed by atoms with Crippen LogP contribution < -0.4 is 5.32 Å². The Morgan fingerprint density at radius 3 is 2.04 bits per heavy atom. The van der Waals surface area contributed by atoms with E-state index in [0.717, 1.165) is 11.1 Å². The molecular formula is C22H20Cl2N2O. The largest absolute Gasteiger partial charge is 0.322 e. The van der Waals surface area contributed by atoms with Crippen molar-refractivity contribution in [1.29, 1.82) is 0 Å². The van der Waals surface area contributed by atoms with Gasteiger partial charge in [0.25, 0.3) is 0 Å². The Labute approximate surface area is 169 Å². The second-order valence-electron chi connectivity index (χ2n) is 6.28. The van der Waals surface area contributed by atoms with E-state index in [1.807, 2.05) is 61.5 Å². The van der Waals surface area contributed by atoms with Crippen LogP contribution in [-0.2, 0) is 6.54 Å². The molecule has 1 atom stereocenters. The number of nitrogens with zero attached hydrogens (tertiary/aromatic N) is 1. The first-order chi connectivity index (χ1) is 13.0. The Bertz CT molecular complexity index is 880. The van der Waals surface area contributed by atoms with Gasteiger partial charge in [0, 0.05) is 22.3 Å². The number of halogens is 2. The molecule has 1 N–H and O–H groups in total. The van der Waals surface area contributed by atoms with Crippen molar-refractivity contribution in [3.05, 3.63) is 100 Å². The molecule has 0 saturated heterocycles. The van der Waals surface area contributed by atoms with Crippen molar-refractivity contribution in [1.82, 2.24) is 4.90 Å². The number of amides is 2. The lowest BCUT2D eigenvalue weighted by atomic mass is 10.1. The van der Waals surface area contributed by atoms with Crippen LogP contribution in [-0.4, -0.2) is 10.9 Å². The van der Waals surface area contributed by atoms with Crippen LogP contribution in [0.1, 0.15) is 24.1 Å². The highest BCUT2D eigenvalue weighted by molar-refractivity contribution is 6.30. The van der Waals surface area contributed by atoms with Crippen LogP contribution in [0.3, 0.4) is 0 Å². The summed E-state index contributed by atoms with van der Waals surface area (Å²) in [7, 11) is 0. The Hall–Kier alpha value is -2.49. The maximum absolute atomic E-state index is 13.0. The average Bonchev–Trinajstić information content (AvgIpc) is 2.69. The molecule has 2 amide bonds. The number of urea groups is 1. The molecule has 0 aliphatic carbocycles. The molecule has 0 aliphatic rings. The third kappa shape index (κ3) is 5.25. The molecule has 0 spiro atoms. The molecule has 0 fully saturated rings. The van der Waals surface area contributed by atoms with E-state index in [1.165, 1.54) is 0 Å².